The van der Waals surface area contributed by atoms with Crippen molar-refractivity contribution >= 4 is 5.69 Å². The molecule has 0 aliphatic carbocycles. The van der Waals surface area contributed by atoms with Crippen LogP contribution in [0.5, 0.6) is 0 Å². The number of hydrogen-bond donors (Lipinski definition) is 0. The summed E-state index contributed by atoms with van der Waals surface area (Å²) >= 11 is 0. The Morgan fingerprint density at radius 2 is 1.65 bits per heavy atom. The van der Waals surface area contributed by atoms with Gasteiger partial charge in [0.1, 0.15) is 5.67 Å². The van der Waals surface area contributed by atoms with E-state index in [1.54, 1.807) is 6.92 Å². The molecule has 1 aromatic carbocycles. The van der Waals surface area contributed by atoms with Crippen molar-refractivity contribution in [3.05, 3.63) is 29.8 Å². The second kappa shape index (κ2) is 4.67. The number of halogens is 1. The van der Waals surface area contributed by atoms with Crippen molar-refractivity contribution in [2.24, 2.45) is 0 Å². The van der Waals surface area contributed by atoms with Crippen LogP contribution in [0.4, 0.5) is 10.1 Å². The Balaban J connectivity index is 2.04. The maximum Gasteiger partial charge on any atom is 0.111 e. The number of benzene rings is 1. The van der Waals surface area contributed by atoms with Gasteiger partial charge in [0.25, 0.3) is 0 Å². The molecule has 1 aromatic rings. The van der Waals surface area contributed by atoms with Crippen LogP contribution in [-0.4, -0.2) is 18.8 Å². The Morgan fingerprint density at radius 3 is 2.12 bits per heavy atom. The van der Waals surface area contributed by atoms with Gasteiger partial charge in [0.05, 0.1) is 0 Å². The second-order valence-corrected chi connectivity index (χ2v) is 5.65. The zero-order chi connectivity index (χ0) is 12.5. The molecule has 1 aliphatic heterocycles. The summed E-state index contributed by atoms with van der Waals surface area (Å²) in [6, 6.07) is 8.69. The average molecular weight is 235 g/mol. The Hall–Kier alpha value is -1.05. The molecule has 0 spiro atoms. The lowest BCUT2D eigenvalue weighted by atomic mass is 9.95. The van der Waals surface area contributed by atoms with E-state index < -0.39 is 5.67 Å². The molecule has 0 saturated carbocycles. The Labute approximate surface area is 104 Å². The first-order chi connectivity index (χ1) is 7.98. The molecule has 0 unspecified atom stereocenters. The summed E-state index contributed by atoms with van der Waals surface area (Å²) in [5.41, 5.74) is 1.62. The van der Waals surface area contributed by atoms with E-state index in [0.29, 0.717) is 18.8 Å². The van der Waals surface area contributed by atoms with Crippen LogP contribution in [-0.2, 0) is 0 Å². The highest BCUT2D eigenvalue weighted by Crippen LogP contribution is 2.29. The monoisotopic (exact) mass is 235 g/mol. The summed E-state index contributed by atoms with van der Waals surface area (Å²) < 4.78 is 13.7. The Morgan fingerprint density at radius 1 is 1.12 bits per heavy atom. The van der Waals surface area contributed by atoms with Crippen LogP contribution in [0.2, 0.25) is 0 Å². The molecular formula is C15H22FN. The molecule has 0 bridgehead atoms. The van der Waals surface area contributed by atoms with Gasteiger partial charge in [0, 0.05) is 18.8 Å². The third kappa shape index (κ3) is 2.99. The first kappa shape index (κ1) is 12.4. The normalized spacial score (nSPS) is 19.7. The van der Waals surface area contributed by atoms with Crippen molar-refractivity contribution in [1.82, 2.24) is 0 Å². The van der Waals surface area contributed by atoms with Gasteiger partial charge in [0.2, 0.25) is 0 Å². The minimum Gasteiger partial charge on any atom is -0.371 e. The zero-order valence-electron chi connectivity index (χ0n) is 11.0. The Kier molecular flexibility index (Phi) is 3.41. The van der Waals surface area contributed by atoms with E-state index in [0.717, 1.165) is 13.1 Å². The number of alkyl halides is 1. The van der Waals surface area contributed by atoms with Crippen LogP contribution < -0.4 is 4.90 Å². The number of anilines is 1. The van der Waals surface area contributed by atoms with Gasteiger partial charge in [-0.1, -0.05) is 26.0 Å². The van der Waals surface area contributed by atoms with Gasteiger partial charge in [-0.3, -0.25) is 0 Å². The quantitative estimate of drug-likeness (QED) is 0.744. The SMILES string of the molecule is CC(C)c1ccc(N2CCC(C)(F)CC2)cc1. The van der Waals surface area contributed by atoms with Crippen LogP contribution >= 0.6 is 0 Å². The van der Waals surface area contributed by atoms with E-state index in [-0.39, 0.29) is 0 Å². The molecule has 1 fully saturated rings. The maximum absolute atomic E-state index is 13.7. The van der Waals surface area contributed by atoms with Crippen molar-refractivity contribution in [3.8, 4) is 0 Å². The molecule has 17 heavy (non-hydrogen) atoms. The molecule has 1 nitrogen and oxygen atoms in total. The van der Waals surface area contributed by atoms with Crippen molar-refractivity contribution in [1.29, 1.82) is 0 Å². The van der Waals surface area contributed by atoms with Crippen molar-refractivity contribution in [2.75, 3.05) is 18.0 Å². The van der Waals surface area contributed by atoms with Crippen LogP contribution in [0.15, 0.2) is 24.3 Å². The van der Waals surface area contributed by atoms with Crippen molar-refractivity contribution < 1.29 is 4.39 Å². The van der Waals surface area contributed by atoms with Gasteiger partial charge in [-0.15, -0.1) is 0 Å². The lowest BCUT2D eigenvalue weighted by Crippen LogP contribution is -2.40. The first-order valence-electron chi connectivity index (χ1n) is 6.52. The third-order valence-electron chi connectivity index (χ3n) is 3.73. The fraction of sp³-hybridized carbons (Fsp3) is 0.600. The fourth-order valence-electron chi connectivity index (χ4n) is 2.30. The highest BCUT2D eigenvalue weighted by atomic mass is 19.1. The smallest absolute Gasteiger partial charge is 0.111 e. The van der Waals surface area contributed by atoms with Crippen LogP contribution in [0.3, 0.4) is 0 Å². The molecule has 1 aliphatic rings. The molecule has 0 aromatic heterocycles. The summed E-state index contributed by atoms with van der Waals surface area (Å²) in [5.74, 6) is 0.569. The van der Waals surface area contributed by atoms with E-state index in [4.69, 9.17) is 0 Å². The lowest BCUT2D eigenvalue weighted by Gasteiger charge is -2.35. The fourth-order valence-corrected chi connectivity index (χ4v) is 2.30. The molecule has 0 radical (unpaired) electrons. The number of hydrogen-bond acceptors (Lipinski definition) is 1. The van der Waals surface area contributed by atoms with Crippen LogP contribution in [0.1, 0.15) is 45.1 Å². The summed E-state index contributed by atoms with van der Waals surface area (Å²) in [7, 11) is 0. The molecule has 2 rings (SSSR count). The predicted molar refractivity (Wildman–Crippen MR) is 71.5 cm³/mol. The minimum atomic E-state index is -0.964. The number of rotatable bonds is 2. The molecular weight excluding hydrogens is 213 g/mol. The summed E-state index contributed by atoms with van der Waals surface area (Å²) in [4.78, 5) is 2.28. The summed E-state index contributed by atoms with van der Waals surface area (Å²) in [6.07, 6.45) is 1.28. The van der Waals surface area contributed by atoms with Gasteiger partial charge in [-0.25, -0.2) is 4.39 Å². The molecule has 0 atom stereocenters. The van der Waals surface area contributed by atoms with Crippen LogP contribution in [0.25, 0.3) is 0 Å². The molecule has 94 valence electrons. The van der Waals surface area contributed by atoms with Crippen molar-refractivity contribution in [3.63, 3.8) is 0 Å². The maximum atomic E-state index is 13.7. The van der Waals surface area contributed by atoms with Gasteiger partial charge < -0.3 is 4.90 Å². The van der Waals surface area contributed by atoms with Gasteiger partial charge in [-0.05, 0) is 43.4 Å². The molecule has 2 heteroatoms. The van der Waals surface area contributed by atoms with Gasteiger partial charge in [-0.2, -0.15) is 0 Å². The zero-order valence-corrected chi connectivity index (χ0v) is 11.0. The highest BCUT2D eigenvalue weighted by molar-refractivity contribution is 5.48. The second-order valence-electron chi connectivity index (χ2n) is 5.65. The highest BCUT2D eigenvalue weighted by Gasteiger charge is 2.29. The molecule has 0 N–H and O–H groups in total. The van der Waals surface area contributed by atoms with E-state index >= 15 is 0 Å². The largest absolute Gasteiger partial charge is 0.371 e. The minimum absolute atomic E-state index is 0.569. The van der Waals surface area contributed by atoms with E-state index in [1.165, 1.54) is 11.3 Å². The lowest BCUT2D eigenvalue weighted by molar-refractivity contribution is 0.149. The van der Waals surface area contributed by atoms with E-state index in [9.17, 15) is 4.39 Å². The summed E-state index contributed by atoms with van der Waals surface area (Å²) in [6.45, 7) is 7.77. The topological polar surface area (TPSA) is 3.24 Å². The molecule has 1 saturated heterocycles. The van der Waals surface area contributed by atoms with E-state index in [1.807, 2.05) is 0 Å². The average Bonchev–Trinajstić information content (AvgIpc) is 2.29. The summed E-state index contributed by atoms with van der Waals surface area (Å²) in [5, 5.41) is 0. The Bertz CT molecular complexity index is 357. The third-order valence-corrected chi connectivity index (χ3v) is 3.73. The first-order valence-corrected chi connectivity index (χ1v) is 6.52. The molecule has 1 heterocycles. The standard InChI is InChI=1S/C15H22FN/c1-12(2)13-4-6-14(7-5-13)17-10-8-15(3,16)9-11-17/h4-7,12H,8-11H2,1-3H3. The number of piperidine rings is 1. The number of nitrogens with zero attached hydrogens (tertiary/aromatic N) is 1. The predicted octanol–water partition coefficient (Wildman–Crippen LogP) is 4.14. The van der Waals surface area contributed by atoms with Gasteiger partial charge in [0.15, 0.2) is 0 Å². The van der Waals surface area contributed by atoms with Gasteiger partial charge >= 0.3 is 0 Å². The molecule has 0 amide bonds. The van der Waals surface area contributed by atoms with Crippen molar-refractivity contribution in [2.45, 2.75) is 45.2 Å². The van der Waals surface area contributed by atoms with Crippen LogP contribution in [0, 0.1) is 0 Å². The van der Waals surface area contributed by atoms with E-state index in [2.05, 4.69) is 43.0 Å².